The topological polar surface area (TPSA) is 71.3 Å². The van der Waals surface area contributed by atoms with Crippen molar-refractivity contribution in [3.8, 4) is 0 Å². The van der Waals surface area contributed by atoms with Gasteiger partial charge in [0.1, 0.15) is 6.04 Å². The van der Waals surface area contributed by atoms with Crippen molar-refractivity contribution < 1.29 is 9.21 Å². The molecule has 2 aromatic rings. The van der Waals surface area contributed by atoms with Crippen molar-refractivity contribution in [2.75, 3.05) is 18.0 Å². The van der Waals surface area contributed by atoms with E-state index in [2.05, 4.69) is 20.4 Å². The van der Waals surface area contributed by atoms with Crippen molar-refractivity contribution in [2.24, 2.45) is 5.92 Å². The van der Waals surface area contributed by atoms with Gasteiger partial charge in [-0.05, 0) is 18.4 Å². The van der Waals surface area contributed by atoms with E-state index in [0.29, 0.717) is 18.3 Å². The van der Waals surface area contributed by atoms with Gasteiger partial charge in [0, 0.05) is 25.4 Å². The number of benzene rings is 1. The Morgan fingerprint density at radius 3 is 2.58 bits per heavy atom. The summed E-state index contributed by atoms with van der Waals surface area (Å²) in [5.74, 6) is 0.357. The predicted molar refractivity (Wildman–Crippen MR) is 91.6 cm³/mol. The van der Waals surface area contributed by atoms with Gasteiger partial charge in [0.15, 0.2) is 0 Å². The molecule has 0 bridgehead atoms. The predicted octanol–water partition coefficient (Wildman–Crippen LogP) is 2.73. The fourth-order valence-corrected chi connectivity index (χ4v) is 2.79. The molecule has 6 nitrogen and oxygen atoms in total. The highest BCUT2D eigenvalue weighted by molar-refractivity contribution is 5.78. The fraction of sp³-hybridized carbons (Fsp3) is 0.500. The van der Waals surface area contributed by atoms with E-state index >= 15 is 0 Å². The van der Waals surface area contributed by atoms with Crippen molar-refractivity contribution in [2.45, 2.75) is 39.2 Å². The number of carbonyl (C=O) groups excluding carboxylic acids is 1. The SMILES string of the molecule is CC(C)C(=O)NC(Cc1ccccc1)c1nnc(N2CCCC2)o1. The van der Waals surface area contributed by atoms with Crippen LogP contribution in [0.1, 0.15) is 44.2 Å². The maximum Gasteiger partial charge on any atom is 0.318 e. The molecule has 1 saturated heterocycles. The zero-order valence-electron chi connectivity index (χ0n) is 14.2. The summed E-state index contributed by atoms with van der Waals surface area (Å²) in [7, 11) is 0. The number of aromatic nitrogens is 2. The summed E-state index contributed by atoms with van der Waals surface area (Å²) in [4.78, 5) is 14.3. The minimum absolute atomic E-state index is 0.0168. The van der Waals surface area contributed by atoms with Crippen LogP contribution >= 0.6 is 0 Å². The first-order valence-electron chi connectivity index (χ1n) is 8.56. The van der Waals surface area contributed by atoms with Gasteiger partial charge in [0.2, 0.25) is 11.8 Å². The van der Waals surface area contributed by atoms with Crippen LogP contribution in [0, 0.1) is 5.92 Å². The average Bonchev–Trinajstić information content (AvgIpc) is 3.26. The quantitative estimate of drug-likeness (QED) is 0.883. The highest BCUT2D eigenvalue weighted by atomic mass is 16.4. The van der Waals surface area contributed by atoms with E-state index < -0.39 is 0 Å². The molecule has 1 amide bonds. The van der Waals surface area contributed by atoms with Crippen molar-refractivity contribution in [1.29, 1.82) is 0 Å². The molecule has 0 aliphatic carbocycles. The van der Waals surface area contributed by atoms with Crippen LogP contribution in [0.5, 0.6) is 0 Å². The second-order valence-electron chi connectivity index (χ2n) is 6.52. The summed E-state index contributed by atoms with van der Waals surface area (Å²) in [5.41, 5.74) is 1.12. The third kappa shape index (κ3) is 3.93. The van der Waals surface area contributed by atoms with Gasteiger partial charge in [-0.15, -0.1) is 5.10 Å². The Labute approximate surface area is 142 Å². The fourth-order valence-electron chi connectivity index (χ4n) is 2.79. The molecule has 3 rings (SSSR count). The van der Waals surface area contributed by atoms with E-state index in [9.17, 15) is 4.79 Å². The van der Waals surface area contributed by atoms with E-state index in [-0.39, 0.29) is 17.9 Å². The average molecular weight is 328 g/mol. The molecule has 0 spiro atoms. The van der Waals surface area contributed by atoms with Crippen LogP contribution in [-0.4, -0.2) is 29.2 Å². The molecule has 1 aromatic carbocycles. The Morgan fingerprint density at radius 2 is 1.92 bits per heavy atom. The van der Waals surface area contributed by atoms with Crippen molar-refractivity contribution in [3.63, 3.8) is 0 Å². The normalized spacial score (nSPS) is 15.7. The number of hydrogen-bond donors (Lipinski definition) is 1. The van der Waals surface area contributed by atoms with E-state index in [0.717, 1.165) is 31.5 Å². The Hall–Kier alpha value is -2.37. The van der Waals surface area contributed by atoms with Gasteiger partial charge in [0.05, 0.1) is 0 Å². The summed E-state index contributed by atoms with van der Waals surface area (Å²) in [5, 5.41) is 11.4. The van der Waals surface area contributed by atoms with E-state index in [1.54, 1.807) is 0 Å². The lowest BCUT2D eigenvalue weighted by Crippen LogP contribution is -2.33. The monoisotopic (exact) mass is 328 g/mol. The lowest BCUT2D eigenvalue weighted by atomic mass is 10.0. The standard InChI is InChI=1S/C18H24N4O2/c1-13(2)16(23)19-15(12-14-8-4-3-5-9-14)17-20-21-18(24-17)22-10-6-7-11-22/h3-5,8-9,13,15H,6-7,10-12H2,1-2H3,(H,19,23). The molecule has 0 radical (unpaired) electrons. The zero-order chi connectivity index (χ0) is 16.9. The van der Waals surface area contributed by atoms with Crippen molar-refractivity contribution in [3.05, 3.63) is 41.8 Å². The van der Waals surface area contributed by atoms with Gasteiger partial charge in [-0.1, -0.05) is 49.3 Å². The number of hydrogen-bond acceptors (Lipinski definition) is 5. The molecule has 1 N–H and O–H groups in total. The number of nitrogens with zero attached hydrogens (tertiary/aromatic N) is 3. The second-order valence-corrected chi connectivity index (χ2v) is 6.52. The van der Waals surface area contributed by atoms with E-state index in [1.165, 1.54) is 0 Å². The summed E-state index contributed by atoms with van der Waals surface area (Å²) < 4.78 is 5.87. The Morgan fingerprint density at radius 1 is 1.21 bits per heavy atom. The number of amides is 1. The molecule has 1 aliphatic heterocycles. The van der Waals surface area contributed by atoms with Gasteiger partial charge in [-0.3, -0.25) is 4.79 Å². The minimum Gasteiger partial charge on any atom is -0.406 e. The number of carbonyl (C=O) groups is 1. The molecule has 1 fully saturated rings. The lowest BCUT2D eigenvalue weighted by Gasteiger charge is -2.17. The molecular weight excluding hydrogens is 304 g/mol. The molecular formula is C18H24N4O2. The second kappa shape index (κ2) is 7.47. The molecule has 24 heavy (non-hydrogen) atoms. The number of anilines is 1. The van der Waals surface area contributed by atoms with Crippen LogP contribution in [0.4, 0.5) is 6.01 Å². The maximum absolute atomic E-state index is 12.2. The van der Waals surface area contributed by atoms with Gasteiger partial charge in [0.25, 0.3) is 0 Å². The van der Waals surface area contributed by atoms with Crippen molar-refractivity contribution in [1.82, 2.24) is 15.5 Å². The first-order chi connectivity index (χ1) is 11.6. The maximum atomic E-state index is 12.2. The Balaban J connectivity index is 1.79. The Kier molecular flexibility index (Phi) is 5.13. The first-order valence-corrected chi connectivity index (χ1v) is 8.56. The summed E-state index contributed by atoms with van der Waals surface area (Å²) >= 11 is 0. The number of nitrogens with one attached hydrogen (secondary N) is 1. The van der Waals surface area contributed by atoms with Crippen LogP contribution in [0.25, 0.3) is 0 Å². The van der Waals surface area contributed by atoms with Gasteiger partial charge >= 0.3 is 6.01 Å². The highest BCUT2D eigenvalue weighted by Crippen LogP contribution is 2.23. The van der Waals surface area contributed by atoms with Crippen LogP contribution in [0.3, 0.4) is 0 Å². The van der Waals surface area contributed by atoms with Crippen LogP contribution in [0.15, 0.2) is 34.7 Å². The Bertz CT molecular complexity index is 663. The van der Waals surface area contributed by atoms with Gasteiger partial charge in [-0.2, -0.15) is 0 Å². The lowest BCUT2D eigenvalue weighted by molar-refractivity contribution is -0.124. The molecule has 1 aromatic heterocycles. The highest BCUT2D eigenvalue weighted by Gasteiger charge is 2.25. The van der Waals surface area contributed by atoms with Gasteiger partial charge in [-0.25, -0.2) is 0 Å². The van der Waals surface area contributed by atoms with Crippen LogP contribution < -0.4 is 10.2 Å². The summed E-state index contributed by atoms with van der Waals surface area (Å²) in [6.45, 7) is 5.64. The third-order valence-electron chi connectivity index (χ3n) is 4.23. The molecule has 1 unspecified atom stereocenters. The van der Waals surface area contributed by atoms with Crippen LogP contribution in [-0.2, 0) is 11.2 Å². The molecule has 1 aliphatic rings. The smallest absolute Gasteiger partial charge is 0.318 e. The van der Waals surface area contributed by atoms with Gasteiger partial charge < -0.3 is 14.6 Å². The minimum atomic E-state index is -0.314. The van der Waals surface area contributed by atoms with Crippen LogP contribution in [0.2, 0.25) is 0 Å². The molecule has 1 atom stereocenters. The zero-order valence-corrected chi connectivity index (χ0v) is 14.2. The summed E-state index contributed by atoms with van der Waals surface area (Å²) in [6, 6.07) is 10.3. The molecule has 0 saturated carbocycles. The summed E-state index contributed by atoms with van der Waals surface area (Å²) in [6.07, 6.45) is 2.92. The van der Waals surface area contributed by atoms with Crippen molar-refractivity contribution >= 4 is 11.9 Å². The van der Waals surface area contributed by atoms with E-state index in [4.69, 9.17) is 4.42 Å². The van der Waals surface area contributed by atoms with E-state index in [1.807, 2.05) is 44.2 Å². The molecule has 6 heteroatoms. The molecule has 128 valence electrons. The molecule has 2 heterocycles. The number of rotatable bonds is 6. The largest absolute Gasteiger partial charge is 0.406 e. The first kappa shape index (κ1) is 16.5. The third-order valence-corrected chi connectivity index (χ3v) is 4.23.